The number of anilines is 1. The number of thiazole rings is 1. The number of thiocarbonyl (C=S) groups is 1. The Labute approximate surface area is 133 Å². The lowest BCUT2D eigenvalue weighted by atomic mass is 10.2. The van der Waals surface area contributed by atoms with E-state index in [1.807, 2.05) is 35.8 Å². The SMILES string of the molecule is S=C(NC[C@H]1CCCO1)Nc1ccc(-c2nccs2)cc1. The third-order valence-corrected chi connectivity index (χ3v) is 4.40. The molecule has 1 aliphatic heterocycles. The van der Waals surface area contributed by atoms with Gasteiger partial charge >= 0.3 is 0 Å². The van der Waals surface area contributed by atoms with Crippen molar-refractivity contribution in [2.75, 3.05) is 18.5 Å². The molecule has 2 heterocycles. The highest BCUT2D eigenvalue weighted by molar-refractivity contribution is 7.80. The van der Waals surface area contributed by atoms with Crippen molar-refractivity contribution >= 4 is 34.4 Å². The smallest absolute Gasteiger partial charge is 0.170 e. The second-order valence-electron chi connectivity index (χ2n) is 4.88. The first-order chi connectivity index (χ1) is 10.3. The van der Waals surface area contributed by atoms with Crippen LogP contribution < -0.4 is 10.6 Å². The zero-order chi connectivity index (χ0) is 14.5. The van der Waals surface area contributed by atoms with Gasteiger partial charge in [-0.15, -0.1) is 11.3 Å². The van der Waals surface area contributed by atoms with Crippen molar-refractivity contribution in [3.63, 3.8) is 0 Å². The molecule has 6 heteroatoms. The lowest BCUT2D eigenvalue weighted by Gasteiger charge is -2.14. The van der Waals surface area contributed by atoms with Gasteiger partial charge in [0, 0.05) is 36.0 Å². The maximum Gasteiger partial charge on any atom is 0.170 e. The first kappa shape index (κ1) is 14.4. The van der Waals surface area contributed by atoms with Gasteiger partial charge in [0.05, 0.1) is 6.10 Å². The van der Waals surface area contributed by atoms with E-state index in [2.05, 4.69) is 15.6 Å². The molecule has 1 fully saturated rings. The fraction of sp³-hybridized carbons (Fsp3) is 0.333. The quantitative estimate of drug-likeness (QED) is 0.847. The van der Waals surface area contributed by atoms with Crippen LogP contribution in [0.25, 0.3) is 10.6 Å². The molecule has 1 saturated heterocycles. The van der Waals surface area contributed by atoms with E-state index in [1.54, 1.807) is 11.3 Å². The first-order valence-corrected chi connectivity index (χ1v) is 8.26. The van der Waals surface area contributed by atoms with Crippen LogP contribution in [-0.2, 0) is 4.74 Å². The van der Waals surface area contributed by atoms with Crippen molar-refractivity contribution < 1.29 is 4.74 Å². The van der Waals surface area contributed by atoms with Crippen LogP contribution in [0, 0.1) is 0 Å². The summed E-state index contributed by atoms with van der Waals surface area (Å²) in [5, 5.41) is 10.0. The Balaban J connectivity index is 1.51. The number of benzene rings is 1. The molecule has 1 aliphatic rings. The normalized spacial score (nSPS) is 17.6. The van der Waals surface area contributed by atoms with E-state index in [-0.39, 0.29) is 6.10 Å². The van der Waals surface area contributed by atoms with Gasteiger partial charge in [-0.1, -0.05) is 0 Å². The molecule has 0 unspecified atom stereocenters. The molecule has 1 atom stereocenters. The van der Waals surface area contributed by atoms with Crippen molar-refractivity contribution in [1.82, 2.24) is 10.3 Å². The van der Waals surface area contributed by atoms with Crippen LogP contribution in [0.2, 0.25) is 0 Å². The molecular weight excluding hydrogens is 302 g/mol. The molecule has 21 heavy (non-hydrogen) atoms. The highest BCUT2D eigenvalue weighted by Gasteiger charge is 2.15. The highest BCUT2D eigenvalue weighted by Crippen LogP contribution is 2.23. The largest absolute Gasteiger partial charge is 0.376 e. The van der Waals surface area contributed by atoms with Crippen molar-refractivity contribution in [3.05, 3.63) is 35.8 Å². The van der Waals surface area contributed by atoms with Gasteiger partial charge in [-0.05, 0) is 49.3 Å². The Morgan fingerprint density at radius 1 is 1.38 bits per heavy atom. The second-order valence-corrected chi connectivity index (χ2v) is 6.19. The van der Waals surface area contributed by atoms with Crippen LogP contribution in [-0.4, -0.2) is 29.4 Å². The minimum Gasteiger partial charge on any atom is -0.376 e. The average Bonchev–Trinajstić information content (AvgIpc) is 3.19. The molecule has 0 bridgehead atoms. The summed E-state index contributed by atoms with van der Waals surface area (Å²) in [6, 6.07) is 8.11. The van der Waals surface area contributed by atoms with Gasteiger partial charge in [-0.2, -0.15) is 0 Å². The molecule has 0 saturated carbocycles. The number of aromatic nitrogens is 1. The summed E-state index contributed by atoms with van der Waals surface area (Å²) in [7, 11) is 0. The Bertz CT molecular complexity index is 577. The Kier molecular flexibility index (Phi) is 4.80. The lowest BCUT2D eigenvalue weighted by molar-refractivity contribution is 0.114. The molecule has 0 spiro atoms. The predicted octanol–water partition coefficient (Wildman–Crippen LogP) is 3.28. The average molecular weight is 319 g/mol. The summed E-state index contributed by atoms with van der Waals surface area (Å²) < 4.78 is 5.55. The number of nitrogens with one attached hydrogen (secondary N) is 2. The fourth-order valence-electron chi connectivity index (χ4n) is 2.25. The van der Waals surface area contributed by atoms with E-state index in [9.17, 15) is 0 Å². The summed E-state index contributed by atoms with van der Waals surface area (Å²) >= 11 is 6.93. The first-order valence-electron chi connectivity index (χ1n) is 6.97. The van der Waals surface area contributed by atoms with E-state index in [1.165, 1.54) is 0 Å². The third kappa shape index (κ3) is 4.00. The number of hydrogen-bond acceptors (Lipinski definition) is 4. The fourth-order valence-corrected chi connectivity index (χ4v) is 3.09. The van der Waals surface area contributed by atoms with Gasteiger partial charge in [0.15, 0.2) is 5.11 Å². The molecule has 1 aromatic carbocycles. The van der Waals surface area contributed by atoms with Gasteiger partial charge in [0.25, 0.3) is 0 Å². The van der Waals surface area contributed by atoms with Gasteiger partial charge in [-0.25, -0.2) is 4.98 Å². The van der Waals surface area contributed by atoms with Crippen LogP contribution in [0.3, 0.4) is 0 Å². The van der Waals surface area contributed by atoms with Crippen LogP contribution in [0.5, 0.6) is 0 Å². The van der Waals surface area contributed by atoms with E-state index < -0.39 is 0 Å². The van der Waals surface area contributed by atoms with E-state index in [4.69, 9.17) is 17.0 Å². The van der Waals surface area contributed by atoms with Gasteiger partial charge in [0.2, 0.25) is 0 Å². The van der Waals surface area contributed by atoms with Crippen molar-refractivity contribution in [2.24, 2.45) is 0 Å². The number of hydrogen-bond donors (Lipinski definition) is 2. The number of rotatable bonds is 4. The number of ether oxygens (including phenoxy) is 1. The van der Waals surface area contributed by atoms with E-state index in [0.29, 0.717) is 5.11 Å². The van der Waals surface area contributed by atoms with Crippen LogP contribution in [0.1, 0.15) is 12.8 Å². The molecule has 0 radical (unpaired) electrons. The van der Waals surface area contributed by atoms with Gasteiger partial charge in [-0.3, -0.25) is 0 Å². The van der Waals surface area contributed by atoms with Crippen molar-refractivity contribution in [3.8, 4) is 10.6 Å². The summed E-state index contributed by atoms with van der Waals surface area (Å²) in [5.41, 5.74) is 2.09. The minimum absolute atomic E-state index is 0.289. The molecule has 4 nitrogen and oxygen atoms in total. The summed E-state index contributed by atoms with van der Waals surface area (Å²) in [5.74, 6) is 0. The van der Waals surface area contributed by atoms with Crippen LogP contribution in [0.15, 0.2) is 35.8 Å². The molecule has 1 aromatic heterocycles. The lowest BCUT2D eigenvalue weighted by Crippen LogP contribution is -2.34. The zero-order valence-electron chi connectivity index (χ0n) is 11.5. The molecule has 110 valence electrons. The monoisotopic (exact) mass is 319 g/mol. The van der Waals surface area contributed by atoms with Crippen molar-refractivity contribution in [1.29, 1.82) is 0 Å². The molecule has 2 N–H and O–H groups in total. The maximum absolute atomic E-state index is 5.55. The Morgan fingerprint density at radius 3 is 2.90 bits per heavy atom. The van der Waals surface area contributed by atoms with Crippen LogP contribution >= 0.6 is 23.6 Å². The van der Waals surface area contributed by atoms with E-state index in [0.717, 1.165) is 42.3 Å². The number of nitrogens with zero attached hydrogens (tertiary/aromatic N) is 1. The molecule has 3 rings (SSSR count). The predicted molar refractivity (Wildman–Crippen MR) is 90.7 cm³/mol. The summed E-state index contributed by atoms with van der Waals surface area (Å²) in [6.45, 7) is 1.63. The molecule has 0 amide bonds. The zero-order valence-corrected chi connectivity index (χ0v) is 13.2. The standard InChI is InChI=1S/C15H17N3OS2/c20-15(17-10-13-2-1-8-19-13)18-12-5-3-11(4-6-12)14-16-7-9-21-14/h3-7,9,13H,1-2,8,10H2,(H2,17,18,20)/t13-/m1/s1. The topological polar surface area (TPSA) is 46.2 Å². The van der Waals surface area contributed by atoms with E-state index >= 15 is 0 Å². The summed E-state index contributed by atoms with van der Waals surface area (Å²) in [4.78, 5) is 4.30. The Morgan fingerprint density at radius 2 is 2.24 bits per heavy atom. The third-order valence-electron chi connectivity index (χ3n) is 3.34. The second kappa shape index (κ2) is 6.98. The van der Waals surface area contributed by atoms with Gasteiger partial charge in [0.1, 0.15) is 5.01 Å². The molecule has 0 aliphatic carbocycles. The maximum atomic E-state index is 5.55. The summed E-state index contributed by atoms with van der Waals surface area (Å²) in [6.07, 6.45) is 4.36. The van der Waals surface area contributed by atoms with Crippen molar-refractivity contribution in [2.45, 2.75) is 18.9 Å². The van der Waals surface area contributed by atoms with Gasteiger partial charge < -0.3 is 15.4 Å². The molecule has 2 aromatic rings. The highest BCUT2D eigenvalue weighted by atomic mass is 32.1. The Hall–Kier alpha value is -1.50. The minimum atomic E-state index is 0.289. The van der Waals surface area contributed by atoms with Crippen LogP contribution in [0.4, 0.5) is 5.69 Å². The molecular formula is C15H17N3OS2.